The van der Waals surface area contributed by atoms with Crippen molar-refractivity contribution in [3.8, 4) is 0 Å². The van der Waals surface area contributed by atoms with Crippen LogP contribution in [0.1, 0.15) is 6.92 Å². The first kappa shape index (κ1) is 11.0. The molecule has 0 N–H and O–H groups in total. The standard InChI is InChI=1S/C8H11NO2S/c1-5-12-7(3)9-6(2)8(10)11-4/h5H,1-2H2,3-4H3. The fourth-order valence-corrected chi connectivity index (χ4v) is 0.905. The lowest BCUT2D eigenvalue weighted by Crippen LogP contribution is -2.02. The Kier molecular flexibility index (Phi) is 5.12. The lowest BCUT2D eigenvalue weighted by atomic mass is 10.5. The average molecular weight is 185 g/mol. The second-order valence-corrected chi connectivity index (χ2v) is 3.01. The Morgan fingerprint density at radius 3 is 2.67 bits per heavy atom. The quantitative estimate of drug-likeness (QED) is 0.292. The molecule has 0 saturated heterocycles. The second kappa shape index (κ2) is 5.60. The van der Waals surface area contributed by atoms with Crippen LogP contribution in [-0.4, -0.2) is 18.1 Å². The van der Waals surface area contributed by atoms with Crippen molar-refractivity contribution in [2.75, 3.05) is 7.11 Å². The van der Waals surface area contributed by atoms with Gasteiger partial charge in [-0.1, -0.05) is 24.9 Å². The number of carbonyl (C=O) groups excluding carboxylic acids is 1. The number of hydrogen-bond donors (Lipinski definition) is 0. The van der Waals surface area contributed by atoms with E-state index >= 15 is 0 Å². The molecule has 66 valence electrons. The summed E-state index contributed by atoms with van der Waals surface area (Å²) in [6, 6.07) is 0. The van der Waals surface area contributed by atoms with E-state index in [1.54, 1.807) is 12.3 Å². The molecule has 4 heteroatoms. The molecule has 0 radical (unpaired) electrons. The Hall–Kier alpha value is -1.03. The molecule has 0 aromatic carbocycles. The maximum Gasteiger partial charge on any atom is 0.356 e. The third kappa shape index (κ3) is 3.98. The van der Waals surface area contributed by atoms with Gasteiger partial charge in [0.1, 0.15) is 5.70 Å². The summed E-state index contributed by atoms with van der Waals surface area (Å²) in [5.41, 5.74) is 0.101. The Morgan fingerprint density at radius 1 is 1.67 bits per heavy atom. The summed E-state index contributed by atoms with van der Waals surface area (Å²) in [7, 11) is 1.29. The molecule has 0 spiro atoms. The highest BCUT2D eigenvalue weighted by molar-refractivity contribution is 8.16. The van der Waals surface area contributed by atoms with Crippen LogP contribution in [-0.2, 0) is 9.53 Å². The first-order valence-corrected chi connectivity index (χ1v) is 4.09. The molecule has 0 atom stereocenters. The highest BCUT2D eigenvalue weighted by Gasteiger charge is 2.04. The summed E-state index contributed by atoms with van der Waals surface area (Å²) in [6.45, 7) is 8.71. The summed E-state index contributed by atoms with van der Waals surface area (Å²) in [5.74, 6) is -0.515. The smallest absolute Gasteiger partial charge is 0.356 e. The van der Waals surface area contributed by atoms with Crippen LogP contribution in [0.15, 0.2) is 29.3 Å². The molecular formula is C8H11NO2S. The van der Waals surface area contributed by atoms with Crippen LogP contribution in [0.25, 0.3) is 0 Å². The van der Waals surface area contributed by atoms with E-state index in [-0.39, 0.29) is 5.70 Å². The number of hydrogen-bond acceptors (Lipinski definition) is 4. The Balaban J connectivity index is 4.22. The number of carbonyl (C=O) groups is 1. The predicted octanol–water partition coefficient (Wildman–Crippen LogP) is 1.97. The average Bonchev–Trinajstić information content (AvgIpc) is 2.03. The maximum absolute atomic E-state index is 10.8. The Morgan fingerprint density at radius 2 is 2.25 bits per heavy atom. The topological polar surface area (TPSA) is 38.7 Å². The number of ether oxygens (including phenoxy) is 1. The van der Waals surface area contributed by atoms with Crippen LogP contribution in [0.3, 0.4) is 0 Å². The highest BCUT2D eigenvalue weighted by atomic mass is 32.2. The Labute approximate surface area is 76.2 Å². The van der Waals surface area contributed by atoms with E-state index < -0.39 is 5.97 Å². The van der Waals surface area contributed by atoms with E-state index in [9.17, 15) is 4.79 Å². The number of esters is 1. The van der Waals surface area contributed by atoms with Gasteiger partial charge in [-0.15, -0.1) is 0 Å². The van der Waals surface area contributed by atoms with Crippen molar-refractivity contribution in [1.82, 2.24) is 0 Å². The lowest BCUT2D eigenvalue weighted by molar-refractivity contribution is -0.136. The van der Waals surface area contributed by atoms with Gasteiger partial charge in [-0.2, -0.15) is 0 Å². The van der Waals surface area contributed by atoms with E-state index in [2.05, 4.69) is 22.9 Å². The van der Waals surface area contributed by atoms with Gasteiger partial charge < -0.3 is 4.74 Å². The summed E-state index contributed by atoms with van der Waals surface area (Å²) in [6.07, 6.45) is 0. The first-order valence-electron chi connectivity index (χ1n) is 3.22. The molecule has 0 rings (SSSR count). The number of rotatable bonds is 3. The Bertz CT molecular complexity index is 233. The highest BCUT2D eigenvalue weighted by Crippen LogP contribution is 2.07. The monoisotopic (exact) mass is 185 g/mol. The van der Waals surface area contributed by atoms with Crippen LogP contribution in [0.2, 0.25) is 0 Å². The zero-order valence-electron chi connectivity index (χ0n) is 7.16. The minimum Gasteiger partial charge on any atom is -0.464 e. The lowest BCUT2D eigenvalue weighted by Gasteiger charge is -1.97. The third-order valence-corrected chi connectivity index (χ3v) is 1.57. The summed E-state index contributed by atoms with van der Waals surface area (Å²) in [5, 5.41) is 2.34. The number of aliphatic imine (C=N–C) groups is 1. The largest absolute Gasteiger partial charge is 0.464 e. The summed E-state index contributed by atoms with van der Waals surface area (Å²) < 4.78 is 4.41. The van der Waals surface area contributed by atoms with E-state index in [0.29, 0.717) is 5.04 Å². The van der Waals surface area contributed by atoms with E-state index in [4.69, 9.17) is 0 Å². The summed E-state index contributed by atoms with van der Waals surface area (Å²) in [4.78, 5) is 14.7. The van der Waals surface area contributed by atoms with Gasteiger partial charge in [0, 0.05) is 0 Å². The van der Waals surface area contributed by atoms with Crippen molar-refractivity contribution in [2.45, 2.75) is 6.92 Å². The van der Waals surface area contributed by atoms with E-state index in [1.807, 2.05) is 0 Å². The fraction of sp³-hybridized carbons (Fsp3) is 0.250. The molecule has 0 aliphatic heterocycles. The van der Waals surface area contributed by atoms with Gasteiger partial charge in [-0.05, 0) is 12.3 Å². The van der Waals surface area contributed by atoms with Gasteiger partial charge >= 0.3 is 5.97 Å². The molecule has 0 aliphatic carbocycles. The van der Waals surface area contributed by atoms with Crippen molar-refractivity contribution in [1.29, 1.82) is 0 Å². The van der Waals surface area contributed by atoms with Crippen LogP contribution in [0.5, 0.6) is 0 Å². The molecule has 0 bridgehead atoms. The zero-order valence-corrected chi connectivity index (χ0v) is 7.98. The fourth-order valence-electron chi connectivity index (χ4n) is 0.500. The molecule has 0 unspecified atom stereocenters. The minimum atomic E-state index is -0.515. The number of nitrogens with zero attached hydrogens (tertiary/aromatic N) is 1. The molecule has 0 aromatic rings. The normalized spacial score (nSPS) is 10.7. The first-order chi connectivity index (χ1) is 5.61. The zero-order chi connectivity index (χ0) is 9.56. The maximum atomic E-state index is 10.8. The van der Waals surface area contributed by atoms with Crippen molar-refractivity contribution < 1.29 is 9.53 Å². The van der Waals surface area contributed by atoms with E-state index in [1.165, 1.54) is 18.9 Å². The van der Waals surface area contributed by atoms with Gasteiger partial charge in [-0.25, -0.2) is 9.79 Å². The van der Waals surface area contributed by atoms with Gasteiger partial charge in [0.2, 0.25) is 0 Å². The SMILES string of the molecule is C=CSC(C)=NC(=C)C(=O)OC. The molecular weight excluding hydrogens is 174 g/mol. The van der Waals surface area contributed by atoms with Gasteiger partial charge in [0.05, 0.1) is 12.2 Å². The molecule has 0 amide bonds. The van der Waals surface area contributed by atoms with Crippen LogP contribution in [0.4, 0.5) is 0 Å². The van der Waals surface area contributed by atoms with Gasteiger partial charge in [-0.3, -0.25) is 0 Å². The van der Waals surface area contributed by atoms with Crippen LogP contribution < -0.4 is 0 Å². The minimum absolute atomic E-state index is 0.101. The second-order valence-electron chi connectivity index (χ2n) is 1.85. The van der Waals surface area contributed by atoms with Crippen molar-refractivity contribution in [3.63, 3.8) is 0 Å². The van der Waals surface area contributed by atoms with E-state index in [0.717, 1.165) is 0 Å². The van der Waals surface area contributed by atoms with Gasteiger partial charge in [0.15, 0.2) is 0 Å². The molecule has 0 aromatic heterocycles. The van der Waals surface area contributed by atoms with Crippen molar-refractivity contribution in [2.24, 2.45) is 4.99 Å². The molecule has 0 aliphatic rings. The van der Waals surface area contributed by atoms with Crippen LogP contribution >= 0.6 is 11.8 Å². The predicted molar refractivity (Wildman–Crippen MR) is 52.1 cm³/mol. The molecule has 3 nitrogen and oxygen atoms in total. The van der Waals surface area contributed by atoms with Crippen molar-refractivity contribution in [3.05, 3.63) is 24.3 Å². The van der Waals surface area contributed by atoms with Gasteiger partial charge in [0.25, 0.3) is 0 Å². The number of thioether (sulfide) groups is 1. The van der Waals surface area contributed by atoms with Crippen molar-refractivity contribution >= 4 is 22.8 Å². The third-order valence-electron chi connectivity index (χ3n) is 0.967. The molecule has 12 heavy (non-hydrogen) atoms. The molecule has 0 saturated carbocycles. The summed E-state index contributed by atoms with van der Waals surface area (Å²) >= 11 is 1.33. The van der Waals surface area contributed by atoms with Crippen LogP contribution in [0, 0.1) is 0 Å². The number of methoxy groups -OCH3 is 1. The molecule has 0 heterocycles. The molecule has 0 fully saturated rings.